The third kappa shape index (κ3) is 9.57. The SMILES string of the molecule is CC(=O)C12CC(C(C)=O)(C1)C2.CC(=O)C12CC(C(C)C)(C1)C2.CC(=O)C12CC(C(C)O)(C1)C2.CC(C)C12CC(C(=O)O)(C1)C2.CC(C)C12CC(C=O)(C1)C2.CC(C)C12CC(CO)(C1)C2.CCOC(=O)/C(C)=C/C12CC(C(C)C)(C1)C2. The summed E-state index contributed by atoms with van der Waals surface area (Å²) in [5, 5.41) is 27.2. The van der Waals surface area contributed by atoms with Crippen LogP contribution in [0.25, 0.3) is 0 Å². The number of carbonyl (C=O) groups excluding carboxylic acids is 6. The Balaban J connectivity index is 0.000000123. The third-order valence-corrected chi connectivity index (χ3v) is 26.8. The van der Waals surface area contributed by atoms with Gasteiger partial charge >= 0.3 is 11.9 Å². The molecule has 21 saturated carbocycles. The fourth-order valence-corrected chi connectivity index (χ4v) is 19.8. The number of carboxylic acid groups (broad SMARTS) is 1. The minimum atomic E-state index is -0.569. The molecule has 1 unspecified atom stereocenters. The predicted molar refractivity (Wildman–Crippen MR) is 311 cm³/mol. The number of Topliss-reactive ketones (excluding diaryl/α,β-unsaturated/α-hetero) is 4. The molecule has 0 aromatic rings. The van der Waals surface area contributed by atoms with Gasteiger partial charge in [0.1, 0.15) is 29.4 Å². The van der Waals surface area contributed by atoms with E-state index >= 15 is 0 Å². The number of rotatable bonds is 16. The van der Waals surface area contributed by atoms with Gasteiger partial charge in [-0.05, 0) is 256 Å². The number of carboxylic acids is 1. The lowest BCUT2D eigenvalue weighted by Crippen LogP contribution is -2.68. The fraction of sp³-hybridized carbons (Fsp3) is 0.870. The van der Waals surface area contributed by atoms with Crippen molar-refractivity contribution < 1.29 is 53.6 Å². The number of hydrogen-bond donors (Lipinski definition) is 3. The highest BCUT2D eigenvalue weighted by molar-refractivity contribution is 5.95. The van der Waals surface area contributed by atoms with Gasteiger partial charge in [-0.3, -0.25) is 24.0 Å². The molecule has 1 atom stereocenters. The lowest BCUT2D eigenvalue weighted by Gasteiger charge is -2.72. The Morgan fingerprint density at radius 2 is 0.700 bits per heavy atom. The third-order valence-electron chi connectivity index (χ3n) is 26.8. The van der Waals surface area contributed by atoms with Crippen molar-refractivity contribution >= 4 is 41.4 Å². The summed E-state index contributed by atoms with van der Waals surface area (Å²) in [5.41, 5.74) is 4.56. The standard InChI is InChI=1S/C14H22O2.C10H16O.C9H14O2.C9H12O2.C9H14O2.C9H16O.C9H14O/c1-5-16-12(15)11(4)6-13-7-14(8-13,9-13)10(2)3;1-7(2)9-4-10(5-9,6-9)8(3)11;2*1-6(10)8-3-9(4-8,5-8)7(2)11;1-6(2)8-3-9(4-8,5-8)7(10)11;2*1-7(2)9-3-8(4-9,5-9)6-10/h6,10H,5,7-9H2,1-4H3;7H,4-6H2,1-3H3;6,10H,3-5H2,1-2H3;3-5H2,1-2H3;6H,3-5H2,1-2H3,(H,10,11);7,10H,3-6H2,1-2H3;6-7H,3-5H2,1-2H3/b11-6+;;;;;;. The molecule has 80 heavy (non-hydrogen) atoms. The fourth-order valence-electron chi connectivity index (χ4n) is 19.8. The van der Waals surface area contributed by atoms with Gasteiger partial charge in [-0.1, -0.05) is 75.3 Å². The van der Waals surface area contributed by atoms with E-state index in [0.717, 1.165) is 87.0 Å². The molecule has 450 valence electrons. The van der Waals surface area contributed by atoms with E-state index in [9.17, 15) is 38.7 Å². The molecule has 11 heteroatoms. The van der Waals surface area contributed by atoms with Crippen LogP contribution in [0.1, 0.15) is 253 Å². The van der Waals surface area contributed by atoms with E-state index in [-0.39, 0.29) is 61.5 Å². The summed E-state index contributed by atoms with van der Waals surface area (Å²) in [6.07, 6.45) is 26.1. The normalized spacial score (nSPS) is 45.7. The molecule has 21 rings (SSSR count). The average Bonchev–Trinajstić information content (AvgIpc) is 3.09. The van der Waals surface area contributed by atoms with Gasteiger partial charge in [0.15, 0.2) is 0 Å². The first-order valence-electron chi connectivity index (χ1n) is 31.6. The van der Waals surface area contributed by atoms with E-state index in [0.29, 0.717) is 68.6 Å². The molecule has 0 spiro atoms. The maximum absolute atomic E-state index is 11.5. The van der Waals surface area contributed by atoms with Crippen molar-refractivity contribution in [2.24, 2.45) is 105 Å². The Morgan fingerprint density at radius 1 is 0.425 bits per heavy atom. The molecular weight excluding hydrogens is 1000 g/mol. The maximum atomic E-state index is 11.5. The van der Waals surface area contributed by atoms with Crippen molar-refractivity contribution in [3.05, 3.63) is 11.6 Å². The van der Waals surface area contributed by atoms with E-state index in [4.69, 9.17) is 14.9 Å². The molecule has 14 bridgehead atoms. The van der Waals surface area contributed by atoms with Gasteiger partial charge in [0.2, 0.25) is 0 Å². The number of aliphatic hydroxyl groups excluding tert-OH is 2. The lowest BCUT2D eigenvalue weighted by molar-refractivity contribution is -0.245. The Hall–Kier alpha value is -3.05. The van der Waals surface area contributed by atoms with Gasteiger partial charge in [0.25, 0.3) is 0 Å². The number of carbonyl (C=O) groups is 7. The van der Waals surface area contributed by atoms with E-state index in [1.165, 1.54) is 83.3 Å². The molecule has 0 amide bonds. The summed E-state index contributed by atoms with van der Waals surface area (Å²) in [7, 11) is 0. The minimum absolute atomic E-state index is 0.0109. The number of ether oxygens (including phenoxy) is 1. The largest absolute Gasteiger partial charge is 0.481 e. The Bertz CT molecular complexity index is 2270. The number of hydrogen-bond acceptors (Lipinski definition) is 10. The Kier molecular flexibility index (Phi) is 15.8. The van der Waals surface area contributed by atoms with Crippen molar-refractivity contribution in [1.29, 1.82) is 0 Å². The second-order valence-electron chi connectivity index (χ2n) is 33.3. The molecule has 0 heterocycles. The van der Waals surface area contributed by atoms with Crippen LogP contribution in [0.2, 0.25) is 0 Å². The van der Waals surface area contributed by atoms with Crippen LogP contribution in [0.4, 0.5) is 0 Å². The van der Waals surface area contributed by atoms with Crippen LogP contribution in [0.3, 0.4) is 0 Å². The summed E-state index contributed by atoms with van der Waals surface area (Å²) < 4.78 is 5.00. The van der Waals surface area contributed by atoms with Crippen molar-refractivity contribution in [3.8, 4) is 0 Å². The molecular formula is C69H108O11. The lowest BCUT2D eigenvalue weighted by atomic mass is 9.31. The zero-order valence-electron chi connectivity index (χ0n) is 53.0. The molecule has 0 aromatic carbocycles. The highest BCUT2D eigenvalue weighted by Crippen LogP contribution is 2.80. The van der Waals surface area contributed by atoms with E-state index in [1.54, 1.807) is 27.7 Å². The first-order valence-corrected chi connectivity index (χ1v) is 31.6. The second kappa shape index (κ2) is 20.0. The molecule has 21 aliphatic carbocycles. The summed E-state index contributed by atoms with van der Waals surface area (Å²) in [5.74, 6) is 4.44. The molecule has 0 radical (unpaired) electrons. The van der Waals surface area contributed by atoms with Crippen LogP contribution in [-0.4, -0.2) is 76.0 Å². The van der Waals surface area contributed by atoms with Gasteiger partial charge in [-0.25, -0.2) is 4.79 Å². The molecule has 11 nitrogen and oxygen atoms in total. The van der Waals surface area contributed by atoms with E-state index in [2.05, 4.69) is 75.3 Å². The number of aliphatic carboxylic acids is 1. The number of aliphatic hydroxyl groups is 2. The van der Waals surface area contributed by atoms with E-state index < -0.39 is 5.97 Å². The van der Waals surface area contributed by atoms with Crippen molar-refractivity contribution in [1.82, 2.24) is 0 Å². The number of ketones is 4. The van der Waals surface area contributed by atoms with Gasteiger partial charge in [-0.15, -0.1) is 0 Å². The monoisotopic (exact) mass is 1110 g/mol. The molecule has 0 saturated heterocycles. The van der Waals surface area contributed by atoms with Crippen LogP contribution < -0.4 is 0 Å². The van der Waals surface area contributed by atoms with Crippen LogP contribution in [0.15, 0.2) is 11.6 Å². The Labute approximate surface area is 481 Å². The van der Waals surface area contributed by atoms with Gasteiger partial charge < -0.3 is 24.9 Å². The van der Waals surface area contributed by atoms with Crippen LogP contribution in [0.5, 0.6) is 0 Å². The molecule has 3 N–H and O–H groups in total. The number of allylic oxidation sites excluding steroid dienone is 1. The zero-order valence-corrected chi connectivity index (χ0v) is 53.0. The molecule has 0 aliphatic heterocycles. The molecule has 21 fully saturated rings. The summed E-state index contributed by atoms with van der Waals surface area (Å²) in [6.45, 7) is 35.9. The highest BCUT2D eigenvalue weighted by Gasteiger charge is 2.75. The van der Waals surface area contributed by atoms with Crippen LogP contribution in [0, 0.1) is 105 Å². The number of aldehydes is 1. The van der Waals surface area contributed by atoms with E-state index in [1.807, 2.05) is 20.8 Å². The van der Waals surface area contributed by atoms with Crippen molar-refractivity contribution in [2.45, 2.75) is 259 Å². The Morgan fingerprint density at radius 3 is 0.963 bits per heavy atom. The molecule has 0 aromatic heterocycles. The summed E-state index contributed by atoms with van der Waals surface area (Å²) >= 11 is 0. The van der Waals surface area contributed by atoms with Gasteiger partial charge in [0.05, 0.1) is 18.1 Å². The zero-order chi connectivity index (χ0) is 59.9. The minimum Gasteiger partial charge on any atom is -0.481 e. The summed E-state index contributed by atoms with van der Waals surface area (Å²) in [4.78, 5) is 77.0. The first-order chi connectivity index (χ1) is 36.7. The highest BCUT2D eigenvalue weighted by atomic mass is 16.5. The average molecular weight is 1110 g/mol. The maximum Gasteiger partial charge on any atom is 0.333 e. The molecule has 21 aliphatic rings. The quantitative estimate of drug-likeness (QED) is 0.0757. The van der Waals surface area contributed by atoms with Crippen LogP contribution >= 0.6 is 0 Å². The smallest absolute Gasteiger partial charge is 0.333 e. The first kappa shape index (κ1) is 63.0. The second-order valence-corrected chi connectivity index (χ2v) is 33.3. The summed E-state index contributed by atoms with van der Waals surface area (Å²) in [6, 6.07) is 0. The van der Waals surface area contributed by atoms with Crippen molar-refractivity contribution in [3.63, 3.8) is 0 Å². The van der Waals surface area contributed by atoms with Crippen molar-refractivity contribution in [2.75, 3.05) is 13.2 Å². The van der Waals surface area contributed by atoms with Gasteiger partial charge in [-0.2, -0.15) is 0 Å². The predicted octanol–water partition coefficient (Wildman–Crippen LogP) is 13.9. The van der Waals surface area contributed by atoms with Crippen LogP contribution in [-0.2, 0) is 38.3 Å². The van der Waals surface area contributed by atoms with Gasteiger partial charge in [0, 0.05) is 39.3 Å². The number of esters is 1. The topological polar surface area (TPSA) is 189 Å².